The Morgan fingerprint density at radius 2 is 2.12 bits per heavy atom. The Kier molecular flexibility index (Phi) is 5.57. The number of carbonyl (C=O) groups is 2. The molecular weight excluding hydrogens is 339 g/mol. The minimum Gasteiger partial charge on any atom is -0.342 e. The summed E-state index contributed by atoms with van der Waals surface area (Å²) in [7, 11) is 0. The molecule has 2 aromatic rings. The summed E-state index contributed by atoms with van der Waals surface area (Å²) < 4.78 is 14.9. The van der Waals surface area contributed by atoms with E-state index >= 15 is 0 Å². The van der Waals surface area contributed by atoms with E-state index in [0.717, 1.165) is 25.9 Å². The van der Waals surface area contributed by atoms with Crippen molar-refractivity contribution in [1.29, 1.82) is 0 Å². The molecule has 1 aliphatic heterocycles. The number of amides is 2. The van der Waals surface area contributed by atoms with E-state index in [1.807, 2.05) is 0 Å². The number of aromatic nitrogens is 3. The van der Waals surface area contributed by atoms with Crippen LogP contribution in [0.1, 0.15) is 35.1 Å². The Bertz CT molecular complexity index is 800. The van der Waals surface area contributed by atoms with Gasteiger partial charge in [-0.15, -0.1) is 5.10 Å². The van der Waals surface area contributed by atoms with Crippen LogP contribution in [0.2, 0.25) is 0 Å². The topological polar surface area (TPSA) is 101 Å². The summed E-state index contributed by atoms with van der Waals surface area (Å²) in [4.78, 5) is 24.2. The van der Waals surface area contributed by atoms with Gasteiger partial charge in [-0.1, -0.05) is 11.3 Å². The minimum absolute atomic E-state index is 0.210. The van der Waals surface area contributed by atoms with Crippen molar-refractivity contribution >= 4 is 17.5 Å². The molecule has 8 nitrogen and oxygen atoms in total. The molecule has 3 N–H and O–H groups in total. The minimum atomic E-state index is -0.461. The van der Waals surface area contributed by atoms with Gasteiger partial charge in [0.25, 0.3) is 5.91 Å². The molecule has 1 aromatic carbocycles. The summed E-state index contributed by atoms with van der Waals surface area (Å²) in [6, 6.07) is 5.77. The highest BCUT2D eigenvalue weighted by molar-refractivity contribution is 5.98. The molecule has 0 aliphatic carbocycles. The van der Waals surface area contributed by atoms with E-state index in [0.29, 0.717) is 11.4 Å². The Hall–Kier alpha value is -2.81. The molecule has 0 atom stereocenters. The third-order valence-corrected chi connectivity index (χ3v) is 4.31. The van der Waals surface area contributed by atoms with Gasteiger partial charge >= 0.3 is 0 Å². The Morgan fingerprint density at radius 3 is 2.85 bits per heavy atom. The van der Waals surface area contributed by atoms with Gasteiger partial charge in [-0.25, -0.2) is 9.07 Å². The number of nitrogens with zero attached hydrogens (tertiary/aromatic N) is 3. The number of benzene rings is 1. The van der Waals surface area contributed by atoms with Crippen molar-refractivity contribution in [1.82, 2.24) is 25.6 Å². The highest BCUT2D eigenvalue weighted by atomic mass is 19.1. The second-order valence-electron chi connectivity index (χ2n) is 6.19. The number of hydrogen-bond donors (Lipinski definition) is 3. The quantitative estimate of drug-likeness (QED) is 0.739. The summed E-state index contributed by atoms with van der Waals surface area (Å²) in [5, 5.41) is 16.4. The zero-order valence-electron chi connectivity index (χ0n) is 14.5. The molecule has 1 aliphatic rings. The molecule has 2 amide bonds. The fraction of sp³-hybridized carbons (Fsp3) is 0.412. The molecule has 0 bridgehead atoms. The van der Waals surface area contributed by atoms with Gasteiger partial charge in [0, 0.05) is 5.69 Å². The number of hydrogen-bond acceptors (Lipinski definition) is 5. The number of carbonyl (C=O) groups excluding carboxylic acids is 2. The average molecular weight is 360 g/mol. The molecule has 26 heavy (non-hydrogen) atoms. The number of nitrogens with one attached hydrogen (secondary N) is 3. The summed E-state index contributed by atoms with van der Waals surface area (Å²) in [6.45, 7) is 3.37. The van der Waals surface area contributed by atoms with Crippen LogP contribution in [0.3, 0.4) is 0 Å². The first-order valence-corrected chi connectivity index (χ1v) is 8.50. The van der Waals surface area contributed by atoms with Crippen LogP contribution in [0.4, 0.5) is 10.1 Å². The molecule has 1 fully saturated rings. The zero-order valence-corrected chi connectivity index (χ0v) is 14.5. The van der Waals surface area contributed by atoms with Crippen molar-refractivity contribution in [3.63, 3.8) is 0 Å². The molecule has 0 saturated carbocycles. The lowest BCUT2D eigenvalue weighted by Gasteiger charge is -2.23. The van der Waals surface area contributed by atoms with Gasteiger partial charge in [-0.05, 0) is 51.1 Å². The van der Waals surface area contributed by atoms with Crippen molar-refractivity contribution in [3.8, 4) is 0 Å². The molecule has 1 saturated heterocycles. The van der Waals surface area contributed by atoms with Crippen LogP contribution in [0.5, 0.6) is 0 Å². The molecule has 2 heterocycles. The number of piperidine rings is 1. The van der Waals surface area contributed by atoms with E-state index < -0.39 is 17.6 Å². The SMILES string of the molecule is Cc1c(C(=O)NCC(=O)Nc2cccc(F)c2)nnn1C1CCNCC1. The first-order chi connectivity index (χ1) is 12.5. The van der Waals surface area contributed by atoms with Crippen LogP contribution in [0.15, 0.2) is 24.3 Å². The maximum atomic E-state index is 13.1. The van der Waals surface area contributed by atoms with Crippen molar-refractivity contribution in [2.24, 2.45) is 0 Å². The van der Waals surface area contributed by atoms with Gasteiger partial charge in [0.1, 0.15) is 5.82 Å². The molecule has 3 rings (SSSR count). The van der Waals surface area contributed by atoms with Gasteiger partial charge in [0.15, 0.2) is 5.69 Å². The fourth-order valence-corrected chi connectivity index (χ4v) is 2.96. The lowest BCUT2D eigenvalue weighted by atomic mass is 10.1. The molecule has 1 aromatic heterocycles. The second kappa shape index (κ2) is 8.05. The second-order valence-corrected chi connectivity index (χ2v) is 6.19. The molecule has 9 heteroatoms. The average Bonchev–Trinajstić information content (AvgIpc) is 3.02. The first-order valence-electron chi connectivity index (χ1n) is 8.50. The molecule has 138 valence electrons. The van der Waals surface area contributed by atoms with Crippen molar-refractivity contribution in [2.45, 2.75) is 25.8 Å². The van der Waals surface area contributed by atoms with Crippen molar-refractivity contribution in [3.05, 3.63) is 41.5 Å². The van der Waals surface area contributed by atoms with Crippen LogP contribution in [0.25, 0.3) is 0 Å². The van der Waals surface area contributed by atoms with E-state index in [2.05, 4.69) is 26.3 Å². The van der Waals surface area contributed by atoms with Crippen molar-refractivity contribution in [2.75, 3.05) is 25.0 Å². The van der Waals surface area contributed by atoms with Crippen LogP contribution in [0, 0.1) is 12.7 Å². The molecule has 0 radical (unpaired) electrons. The predicted molar refractivity (Wildman–Crippen MR) is 93.3 cm³/mol. The summed E-state index contributed by atoms with van der Waals surface area (Å²) in [6.07, 6.45) is 1.86. The molecule has 0 unspecified atom stereocenters. The Balaban J connectivity index is 1.56. The maximum Gasteiger partial charge on any atom is 0.274 e. The Labute approximate surface area is 150 Å². The first kappa shape index (κ1) is 18.0. The standard InChI is InChI=1S/C17H21FN6O2/c1-11-16(22-23-24(11)14-5-7-19-8-6-14)17(26)20-10-15(25)21-13-4-2-3-12(18)9-13/h2-4,9,14,19H,5-8,10H2,1H3,(H,20,26)(H,21,25). The van der Waals surface area contributed by atoms with Crippen LogP contribution >= 0.6 is 0 Å². The monoisotopic (exact) mass is 360 g/mol. The van der Waals surface area contributed by atoms with Crippen LogP contribution < -0.4 is 16.0 Å². The highest BCUT2D eigenvalue weighted by Gasteiger charge is 2.23. The van der Waals surface area contributed by atoms with E-state index in [9.17, 15) is 14.0 Å². The highest BCUT2D eigenvalue weighted by Crippen LogP contribution is 2.20. The van der Waals surface area contributed by atoms with Gasteiger partial charge in [0.05, 0.1) is 18.3 Å². The smallest absolute Gasteiger partial charge is 0.274 e. The third kappa shape index (κ3) is 4.23. The fourth-order valence-electron chi connectivity index (χ4n) is 2.96. The van der Waals surface area contributed by atoms with Gasteiger partial charge in [0.2, 0.25) is 5.91 Å². The molecule has 0 spiro atoms. The lowest BCUT2D eigenvalue weighted by molar-refractivity contribution is -0.115. The van der Waals surface area contributed by atoms with Crippen molar-refractivity contribution < 1.29 is 14.0 Å². The van der Waals surface area contributed by atoms with Gasteiger partial charge in [-0.3, -0.25) is 9.59 Å². The number of anilines is 1. The van der Waals surface area contributed by atoms with Gasteiger partial charge in [-0.2, -0.15) is 0 Å². The normalized spacial score (nSPS) is 14.8. The zero-order chi connectivity index (χ0) is 18.5. The summed E-state index contributed by atoms with van der Waals surface area (Å²) in [5.74, 6) is -1.36. The van der Waals surface area contributed by atoms with E-state index in [1.165, 1.54) is 18.2 Å². The molecular formula is C17H21FN6O2. The van der Waals surface area contributed by atoms with E-state index in [-0.39, 0.29) is 18.3 Å². The Morgan fingerprint density at radius 1 is 1.35 bits per heavy atom. The number of rotatable bonds is 5. The predicted octanol–water partition coefficient (Wildman–Crippen LogP) is 1.02. The summed E-state index contributed by atoms with van der Waals surface area (Å²) >= 11 is 0. The van der Waals surface area contributed by atoms with E-state index in [4.69, 9.17) is 0 Å². The van der Waals surface area contributed by atoms with E-state index in [1.54, 1.807) is 17.7 Å². The van der Waals surface area contributed by atoms with Gasteiger partial charge < -0.3 is 16.0 Å². The third-order valence-electron chi connectivity index (χ3n) is 4.31. The number of halogens is 1. The lowest BCUT2D eigenvalue weighted by Crippen LogP contribution is -2.33. The van der Waals surface area contributed by atoms with Crippen LogP contribution in [-0.4, -0.2) is 46.4 Å². The summed E-state index contributed by atoms with van der Waals surface area (Å²) in [5.41, 5.74) is 1.22. The maximum absolute atomic E-state index is 13.1. The largest absolute Gasteiger partial charge is 0.342 e. The van der Waals surface area contributed by atoms with Crippen LogP contribution in [-0.2, 0) is 4.79 Å².